The van der Waals surface area contributed by atoms with Gasteiger partial charge in [0.15, 0.2) is 0 Å². The number of carbonyl (C=O) groups is 1. The van der Waals surface area contributed by atoms with E-state index in [0.717, 1.165) is 18.3 Å². The summed E-state index contributed by atoms with van der Waals surface area (Å²) in [6, 6.07) is 5.02. The Balaban J connectivity index is 1.66. The van der Waals surface area contributed by atoms with Gasteiger partial charge in [0.2, 0.25) is 11.8 Å². The summed E-state index contributed by atoms with van der Waals surface area (Å²) in [6.45, 7) is 2.84. The molecule has 1 amide bonds. The van der Waals surface area contributed by atoms with Gasteiger partial charge in [0.05, 0.1) is 18.7 Å². The minimum atomic E-state index is -4.46. The molecule has 27 heavy (non-hydrogen) atoms. The molecular formula is C18H18F3N3O3. The van der Waals surface area contributed by atoms with Crippen molar-refractivity contribution in [1.82, 2.24) is 14.9 Å². The van der Waals surface area contributed by atoms with Crippen LogP contribution >= 0.6 is 0 Å². The van der Waals surface area contributed by atoms with Crippen molar-refractivity contribution in [3.05, 3.63) is 47.8 Å². The van der Waals surface area contributed by atoms with Gasteiger partial charge in [0.25, 0.3) is 5.91 Å². The quantitative estimate of drug-likeness (QED) is 0.796. The van der Waals surface area contributed by atoms with Crippen LogP contribution in [0.2, 0.25) is 0 Å². The number of likely N-dealkylation sites (tertiary alicyclic amines) is 1. The molecule has 0 aliphatic carbocycles. The van der Waals surface area contributed by atoms with Gasteiger partial charge in [-0.3, -0.25) is 4.79 Å². The maximum absolute atomic E-state index is 12.8. The summed E-state index contributed by atoms with van der Waals surface area (Å²) in [4.78, 5) is 22.2. The monoisotopic (exact) mass is 381 g/mol. The van der Waals surface area contributed by atoms with Crippen LogP contribution in [0.25, 0.3) is 0 Å². The first-order valence-corrected chi connectivity index (χ1v) is 8.45. The number of rotatable bonds is 5. The van der Waals surface area contributed by atoms with Crippen LogP contribution in [0.15, 0.2) is 36.7 Å². The van der Waals surface area contributed by atoms with Gasteiger partial charge in [-0.15, -0.1) is 0 Å². The fraction of sp³-hybridized carbons (Fsp3) is 0.389. The third-order valence-electron chi connectivity index (χ3n) is 4.06. The van der Waals surface area contributed by atoms with E-state index in [0.29, 0.717) is 25.1 Å². The number of aromatic nitrogens is 2. The lowest BCUT2D eigenvalue weighted by Gasteiger charge is -2.18. The number of ether oxygens (including phenoxy) is 2. The number of nitrogens with zero attached hydrogens (tertiary/aromatic N) is 3. The zero-order chi connectivity index (χ0) is 19.4. The number of halogens is 3. The molecule has 1 saturated heterocycles. The van der Waals surface area contributed by atoms with Crippen molar-refractivity contribution in [3.8, 4) is 11.8 Å². The lowest BCUT2D eigenvalue weighted by Crippen LogP contribution is -2.31. The molecule has 2 aromatic rings. The lowest BCUT2D eigenvalue weighted by atomic mass is 10.2. The molecule has 3 heterocycles. The van der Waals surface area contributed by atoms with Crippen LogP contribution in [0, 0.1) is 0 Å². The third kappa shape index (κ3) is 4.47. The highest BCUT2D eigenvalue weighted by Gasteiger charge is 2.33. The van der Waals surface area contributed by atoms with Crippen molar-refractivity contribution in [1.29, 1.82) is 0 Å². The Morgan fingerprint density at radius 3 is 2.85 bits per heavy atom. The Hall–Kier alpha value is -2.84. The van der Waals surface area contributed by atoms with Gasteiger partial charge in [0.1, 0.15) is 11.7 Å². The molecule has 1 fully saturated rings. The molecule has 1 atom stereocenters. The molecule has 1 unspecified atom stereocenters. The number of carbonyl (C=O) groups excluding carboxylic acids is 1. The molecule has 6 nitrogen and oxygen atoms in total. The van der Waals surface area contributed by atoms with E-state index in [4.69, 9.17) is 9.47 Å². The van der Waals surface area contributed by atoms with Crippen LogP contribution in [0.1, 0.15) is 29.3 Å². The topological polar surface area (TPSA) is 64.5 Å². The van der Waals surface area contributed by atoms with Crippen LogP contribution in [0.4, 0.5) is 13.2 Å². The summed E-state index contributed by atoms with van der Waals surface area (Å²) in [7, 11) is 0. The fourth-order valence-corrected chi connectivity index (χ4v) is 2.81. The van der Waals surface area contributed by atoms with Gasteiger partial charge in [-0.1, -0.05) is 0 Å². The maximum Gasteiger partial charge on any atom is 0.416 e. The second-order valence-electron chi connectivity index (χ2n) is 5.95. The average Bonchev–Trinajstić information content (AvgIpc) is 3.10. The number of alkyl halides is 3. The molecular weight excluding hydrogens is 363 g/mol. The molecule has 0 N–H and O–H groups in total. The third-order valence-corrected chi connectivity index (χ3v) is 4.06. The zero-order valence-corrected chi connectivity index (χ0v) is 14.6. The van der Waals surface area contributed by atoms with Gasteiger partial charge in [-0.05, 0) is 25.1 Å². The molecule has 0 aromatic carbocycles. The highest BCUT2D eigenvalue weighted by atomic mass is 19.4. The van der Waals surface area contributed by atoms with Crippen molar-refractivity contribution in [2.75, 3.05) is 19.7 Å². The van der Waals surface area contributed by atoms with Crippen molar-refractivity contribution < 1.29 is 27.4 Å². The van der Waals surface area contributed by atoms with Crippen LogP contribution in [-0.4, -0.2) is 46.6 Å². The van der Waals surface area contributed by atoms with Crippen LogP contribution in [0.5, 0.6) is 11.8 Å². The molecule has 0 bridgehead atoms. The molecule has 144 valence electrons. The summed E-state index contributed by atoms with van der Waals surface area (Å²) in [5.41, 5.74) is -0.479. The Bertz CT molecular complexity index is 814. The second kappa shape index (κ2) is 7.81. The van der Waals surface area contributed by atoms with Gasteiger partial charge in [0, 0.05) is 31.4 Å². The van der Waals surface area contributed by atoms with E-state index in [2.05, 4.69) is 9.97 Å². The predicted octanol–water partition coefficient (Wildman–Crippen LogP) is 3.19. The van der Waals surface area contributed by atoms with E-state index in [9.17, 15) is 18.0 Å². The molecule has 0 spiro atoms. The van der Waals surface area contributed by atoms with E-state index < -0.39 is 17.8 Å². The van der Waals surface area contributed by atoms with Crippen LogP contribution in [0.3, 0.4) is 0 Å². The summed E-state index contributed by atoms with van der Waals surface area (Å²) < 4.78 is 49.3. The van der Waals surface area contributed by atoms with Crippen molar-refractivity contribution in [2.24, 2.45) is 0 Å². The normalized spacial score (nSPS) is 17.0. The average molecular weight is 381 g/mol. The molecule has 1 aliphatic rings. The first kappa shape index (κ1) is 18.9. The van der Waals surface area contributed by atoms with Crippen molar-refractivity contribution in [3.63, 3.8) is 0 Å². The van der Waals surface area contributed by atoms with Crippen LogP contribution in [-0.2, 0) is 6.18 Å². The van der Waals surface area contributed by atoms with Crippen molar-refractivity contribution in [2.45, 2.75) is 25.6 Å². The van der Waals surface area contributed by atoms with Gasteiger partial charge >= 0.3 is 6.18 Å². The predicted molar refractivity (Wildman–Crippen MR) is 89.6 cm³/mol. The van der Waals surface area contributed by atoms with Gasteiger partial charge in [-0.25, -0.2) is 9.97 Å². The molecule has 0 saturated carbocycles. The van der Waals surface area contributed by atoms with Gasteiger partial charge in [-0.2, -0.15) is 13.2 Å². The SMILES string of the molecule is CCOc1ncccc1C(=O)N1CCC(Oc2cc(C(F)(F)F)ccn2)C1. The Kier molecular flexibility index (Phi) is 5.48. The summed E-state index contributed by atoms with van der Waals surface area (Å²) in [5.74, 6) is -0.107. The second-order valence-corrected chi connectivity index (χ2v) is 5.95. The van der Waals surface area contributed by atoms with E-state index in [1.54, 1.807) is 24.0 Å². The molecule has 9 heteroatoms. The van der Waals surface area contributed by atoms with Gasteiger partial charge < -0.3 is 14.4 Å². The largest absolute Gasteiger partial charge is 0.477 e. The molecule has 1 aliphatic heterocycles. The van der Waals surface area contributed by atoms with Crippen molar-refractivity contribution >= 4 is 5.91 Å². The number of hydrogen-bond donors (Lipinski definition) is 0. The van der Waals surface area contributed by atoms with Crippen LogP contribution < -0.4 is 9.47 Å². The zero-order valence-electron chi connectivity index (χ0n) is 14.6. The standard InChI is InChI=1S/C18H18F3N3O3/c1-2-26-16-14(4-3-7-23-16)17(25)24-9-6-13(11-24)27-15-10-12(5-8-22-15)18(19,20)21/h3-5,7-8,10,13H,2,6,9,11H2,1H3. The highest BCUT2D eigenvalue weighted by Crippen LogP contribution is 2.31. The minimum Gasteiger partial charge on any atom is -0.477 e. The first-order valence-electron chi connectivity index (χ1n) is 8.45. The Labute approximate surface area is 153 Å². The first-order chi connectivity index (χ1) is 12.9. The molecule has 3 rings (SSSR count). The lowest BCUT2D eigenvalue weighted by molar-refractivity contribution is -0.137. The smallest absolute Gasteiger partial charge is 0.416 e. The number of hydrogen-bond acceptors (Lipinski definition) is 5. The molecule has 2 aromatic heterocycles. The summed E-state index contributed by atoms with van der Waals surface area (Å²) >= 11 is 0. The Morgan fingerprint density at radius 2 is 2.11 bits per heavy atom. The highest BCUT2D eigenvalue weighted by molar-refractivity contribution is 5.96. The maximum atomic E-state index is 12.8. The molecule has 0 radical (unpaired) electrons. The number of amides is 1. The Morgan fingerprint density at radius 1 is 1.30 bits per heavy atom. The minimum absolute atomic E-state index is 0.111. The van der Waals surface area contributed by atoms with E-state index >= 15 is 0 Å². The van der Waals surface area contributed by atoms with E-state index in [1.807, 2.05) is 0 Å². The summed E-state index contributed by atoms with van der Waals surface area (Å²) in [6.07, 6.45) is -1.81. The fourth-order valence-electron chi connectivity index (χ4n) is 2.81. The van der Waals surface area contributed by atoms with E-state index in [1.165, 1.54) is 6.20 Å². The van der Waals surface area contributed by atoms with E-state index in [-0.39, 0.29) is 24.2 Å². The summed E-state index contributed by atoms with van der Waals surface area (Å²) in [5, 5.41) is 0. The number of pyridine rings is 2.